The van der Waals surface area contributed by atoms with E-state index in [0.717, 1.165) is 19.3 Å². The lowest BCUT2D eigenvalue weighted by atomic mass is 9.82. The van der Waals surface area contributed by atoms with Crippen molar-refractivity contribution in [2.24, 2.45) is 7.05 Å². The largest absolute Gasteiger partial charge is 0.351 e. The molecule has 0 aliphatic heterocycles. The van der Waals surface area contributed by atoms with E-state index in [9.17, 15) is 4.79 Å². The summed E-state index contributed by atoms with van der Waals surface area (Å²) in [6.07, 6.45) is 6.10. The second-order valence-corrected chi connectivity index (χ2v) is 4.97. The predicted molar refractivity (Wildman–Crippen MR) is 69.1 cm³/mol. The second-order valence-electron chi connectivity index (χ2n) is 4.97. The minimum Gasteiger partial charge on any atom is -0.351 e. The molecule has 0 spiro atoms. The third kappa shape index (κ3) is 1.68. The van der Waals surface area contributed by atoms with Crippen LogP contribution < -0.4 is 0 Å². The Morgan fingerprint density at radius 2 is 2.12 bits per heavy atom. The van der Waals surface area contributed by atoms with Crippen molar-refractivity contribution in [2.75, 3.05) is 0 Å². The highest BCUT2D eigenvalue weighted by Gasteiger charge is 2.25. The standard InChI is InChI=1S/C15H17NO/c1-16-10-9-12-11(6-4-7-14(12)16)13-5-2-3-8-15(13)17/h4,6-7,9-10,13H,2-3,5,8H2,1H3. The monoisotopic (exact) mass is 227 g/mol. The molecule has 0 radical (unpaired) electrons. The number of hydrogen-bond donors (Lipinski definition) is 0. The first-order valence-electron chi connectivity index (χ1n) is 6.34. The van der Waals surface area contributed by atoms with Crippen LogP contribution in [0.4, 0.5) is 0 Å². The molecule has 0 bridgehead atoms. The van der Waals surface area contributed by atoms with E-state index in [1.807, 2.05) is 0 Å². The highest BCUT2D eigenvalue weighted by molar-refractivity contribution is 5.93. The Morgan fingerprint density at radius 1 is 1.24 bits per heavy atom. The Balaban J connectivity index is 2.13. The van der Waals surface area contributed by atoms with Crippen LogP contribution in [0.25, 0.3) is 10.9 Å². The summed E-state index contributed by atoms with van der Waals surface area (Å²) in [5.41, 5.74) is 2.45. The van der Waals surface area contributed by atoms with Crippen LogP contribution in [0.15, 0.2) is 30.5 Å². The molecular formula is C15H17NO. The first kappa shape index (κ1) is 10.6. The summed E-state index contributed by atoms with van der Waals surface area (Å²) in [4.78, 5) is 12.0. The number of carbonyl (C=O) groups excluding carboxylic acids is 1. The number of ketones is 1. The SMILES string of the molecule is Cn1ccc2c(C3CCCCC3=O)cccc21. The van der Waals surface area contributed by atoms with Gasteiger partial charge in [-0.1, -0.05) is 18.6 Å². The number of aromatic nitrogens is 1. The summed E-state index contributed by atoms with van der Waals surface area (Å²) in [6.45, 7) is 0. The van der Waals surface area contributed by atoms with Gasteiger partial charge in [0.05, 0.1) is 0 Å². The minimum absolute atomic E-state index is 0.134. The molecule has 1 aliphatic rings. The summed E-state index contributed by atoms with van der Waals surface area (Å²) in [5, 5.41) is 1.25. The summed E-state index contributed by atoms with van der Waals surface area (Å²) in [6, 6.07) is 8.44. The Labute approximate surface area is 101 Å². The molecule has 2 nitrogen and oxygen atoms in total. The summed E-state index contributed by atoms with van der Waals surface area (Å²) in [5.74, 6) is 0.558. The molecule has 17 heavy (non-hydrogen) atoms. The molecule has 1 atom stereocenters. The molecule has 1 saturated carbocycles. The van der Waals surface area contributed by atoms with Gasteiger partial charge in [0.2, 0.25) is 0 Å². The Morgan fingerprint density at radius 3 is 2.94 bits per heavy atom. The van der Waals surface area contributed by atoms with Gasteiger partial charge in [0, 0.05) is 36.5 Å². The van der Waals surface area contributed by atoms with E-state index in [0.29, 0.717) is 5.78 Å². The smallest absolute Gasteiger partial charge is 0.140 e. The van der Waals surface area contributed by atoms with E-state index in [1.54, 1.807) is 0 Å². The number of rotatable bonds is 1. The third-order valence-corrected chi connectivity index (χ3v) is 3.89. The van der Waals surface area contributed by atoms with Crippen molar-refractivity contribution < 1.29 is 4.79 Å². The van der Waals surface area contributed by atoms with Gasteiger partial charge < -0.3 is 4.57 Å². The number of hydrogen-bond acceptors (Lipinski definition) is 1. The van der Waals surface area contributed by atoms with E-state index < -0.39 is 0 Å². The molecule has 0 amide bonds. The van der Waals surface area contributed by atoms with Crippen molar-refractivity contribution in [3.63, 3.8) is 0 Å². The average Bonchev–Trinajstić information content (AvgIpc) is 2.72. The van der Waals surface area contributed by atoms with Crippen LogP contribution in [0.3, 0.4) is 0 Å². The topological polar surface area (TPSA) is 22.0 Å². The molecule has 2 heteroatoms. The van der Waals surface area contributed by atoms with Gasteiger partial charge in [-0.05, 0) is 30.5 Å². The van der Waals surface area contributed by atoms with Crippen LogP contribution in [-0.4, -0.2) is 10.4 Å². The van der Waals surface area contributed by atoms with Crippen LogP contribution in [0.1, 0.15) is 37.2 Å². The fourth-order valence-electron chi connectivity index (χ4n) is 2.94. The van der Waals surface area contributed by atoms with Gasteiger partial charge in [0.25, 0.3) is 0 Å². The Hall–Kier alpha value is -1.57. The predicted octanol–water partition coefficient (Wildman–Crippen LogP) is 3.41. The second kappa shape index (κ2) is 4.02. The molecular weight excluding hydrogens is 210 g/mol. The molecule has 1 aliphatic carbocycles. The molecule has 3 rings (SSSR count). The third-order valence-electron chi connectivity index (χ3n) is 3.89. The molecule has 0 saturated heterocycles. The molecule has 1 aromatic heterocycles. The molecule has 1 unspecified atom stereocenters. The quantitative estimate of drug-likeness (QED) is 0.731. The first-order chi connectivity index (χ1) is 8.27. The van der Waals surface area contributed by atoms with Gasteiger partial charge in [-0.15, -0.1) is 0 Å². The number of fused-ring (bicyclic) bond motifs is 1. The lowest BCUT2D eigenvalue weighted by molar-refractivity contribution is -0.121. The Kier molecular flexibility index (Phi) is 2.50. The zero-order chi connectivity index (χ0) is 11.8. The van der Waals surface area contributed by atoms with Crippen molar-refractivity contribution in [2.45, 2.75) is 31.6 Å². The number of benzene rings is 1. The van der Waals surface area contributed by atoms with Gasteiger partial charge in [-0.25, -0.2) is 0 Å². The number of carbonyl (C=O) groups is 1. The van der Waals surface area contributed by atoms with Gasteiger partial charge in [0.1, 0.15) is 5.78 Å². The van der Waals surface area contributed by atoms with Crippen LogP contribution in [0.5, 0.6) is 0 Å². The van der Waals surface area contributed by atoms with E-state index in [1.165, 1.54) is 22.9 Å². The lowest BCUT2D eigenvalue weighted by Crippen LogP contribution is -2.17. The van der Waals surface area contributed by atoms with E-state index in [-0.39, 0.29) is 5.92 Å². The van der Waals surface area contributed by atoms with E-state index >= 15 is 0 Å². The number of Topliss-reactive ketones (excluding diaryl/α,β-unsaturated/α-hetero) is 1. The van der Waals surface area contributed by atoms with E-state index in [4.69, 9.17) is 0 Å². The van der Waals surface area contributed by atoms with Gasteiger partial charge >= 0.3 is 0 Å². The van der Waals surface area contributed by atoms with Crippen LogP contribution in [0, 0.1) is 0 Å². The summed E-state index contributed by atoms with van der Waals surface area (Å²) < 4.78 is 2.12. The summed E-state index contributed by atoms with van der Waals surface area (Å²) >= 11 is 0. The van der Waals surface area contributed by atoms with E-state index in [2.05, 4.69) is 42.1 Å². The van der Waals surface area contributed by atoms with Gasteiger partial charge in [-0.3, -0.25) is 4.79 Å². The fourth-order valence-corrected chi connectivity index (χ4v) is 2.94. The van der Waals surface area contributed by atoms with Crippen molar-refractivity contribution in [1.82, 2.24) is 4.57 Å². The maximum Gasteiger partial charge on any atom is 0.140 e. The average molecular weight is 227 g/mol. The van der Waals surface area contributed by atoms with Gasteiger partial charge in [0.15, 0.2) is 0 Å². The molecule has 1 aromatic carbocycles. The number of nitrogens with zero attached hydrogens (tertiary/aromatic N) is 1. The lowest BCUT2D eigenvalue weighted by Gasteiger charge is -2.21. The fraction of sp³-hybridized carbons (Fsp3) is 0.400. The zero-order valence-electron chi connectivity index (χ0n) is 10.1. The summed E-state index contributed by atoms with van der Waals surface area (Å²) in [7, 11) is 2.05. The molecule has 1 heterocycles. The minimum atomic E-state index is 0.134. The van der Waals surface area contributed by atoms with Crippen molar-refractivity contribution in [1.29, 1.82) is 0 Å². The van der Waals surface area contributed by atoms with Crippen molar-refractivity contribution in [3.8, 4) is 0 Å². The van der Waals surface area contributed by atoms with Crippen molar-refractivity contribution >= 4 is 16.7 Å². The molecule has 88 valence electrons. The maximum absolute atomic E-state index is 12.0. The molecule has 2 aromatic rings. The van der Waals surface area contributed by atoms with Crippen LogP contribution >= 0.6 is 0 Å². The maximum atomic E-state index is 12.0. The van der Waals surface area contributed by atoms with Crippen molar-refractivity contribution in [3.05, 3.63) is 36.0 Å². The van der Waals surface area contributed by atoms with Crippen LogP contribution in [-0.2, 0) is 11.8 Å². The Bertz CT molecular complexity index is 567. The number of aryl methyl sites for hydroxylation is 1. The normalized spacial score (nSPS) is 21.0. The zero-order valence-corrected chi connectivity index (χ0v) is 10.1. The highest BCUT2D eigenvalue weighted by atomic mass is 16.1. The highest BCUT2D eigenvalue weighted by Crippen LogP contribution is 2.34. The first-order valence-corrected chi connectivity index (χ1v) is 6.34. The molecule has 1 fully saturated rings. The molecule has 0 N–H and O–H groups in total. The van der Waals surface area contributed by atoms with Gasteiger partial charge in [-0.2, -0.15) is 0 Å². The van der Waals surface area contributed by atoms with Crippen LogP contribution in [0.2, 0.25) is 0 Å².